The molecule has 1 fully saturated rings. The van der Waals surface area contributed by atoms with E-state index in [9.17, 15) is 13.2 Å². The molecule has 0 aliphatic heterocycles. The van der Waals surface area contributed by atoms with Crippen molar-refractivity contribution in [3.05, 3.63) is 59.0 Å². The average Bonchev–Trinajstić information content (AvgIpc) is 3.17. The number of nitrogens with two attached hydrogens (primary N) is 1. The third-order valence-corrected chi connectivity index (χ3v) is 5.04. The summed E-state index contributed by atoms with van der Waals surface area (Å²) >= 11 is 5.95. The van der Waals surface area contributed by atoms with Gasteiger partial charge in [0.15, 0.2) is 5.82 Å². The van der Waals surface area contributed by atoms with Crippen LogP contribution in [0, 0.1) is 28.8 Å². The molecule has 6 heteroatoms. The summed E-state index contributed by atoms with van der Waals surface area (Å²) in [7, 11) is 0. The fourth-order valence-electron chi connectivity index (χ4n) is 2.99. The highest BCUT2D eigenvalue weighted by Gasteiger charge is 2.47. The van der Waals surface area contributed by atoms with E-state index in [2.05, 4.69) is 25.7 Å². The lowest BCUT2D eigenvalue weighted by molar-refractivity contribution is 0.591. The number of nitrogens with one attached hydrogen (secondary N) is 1. The second-order valence-corrected chi connectivity index (χ2v) is 7.42. The van der Waals surface area contributed by atoms with E-state index in [1.54, 1.807) is 0 Å². The van der Waals surface area contributed by atoms with Crippen LogP contribution in [0.3, 0.4) is 0 Å². The molecule has 1 atom stereocenters. The molecule has 2 aromatic rings. The van der Waals surface area contributed by atoms with E-state index in [4.69, 9.17) is 17.3 Å². The number of anilines is 2. The van der Waals surface area contributed by atoms with Crippen molar-refractivity contribution >= 4 is 23.0 Å². The Morgan fingerprint density at radius 3 is 2.48 bits per heavy atom. The summed E-state index contributed by atoms with van der Waals surface area (Å²) in [5.41, 5.74) is 5.90. The molecule has 3 N–H and O–H groups in total. The first-order valence-corrected chi connectivity index (χ1v) is 8.18. The van der Waals surface area contributed by atoms with E-state index in [1.807, 2.05) is 0 Å². The van der Waals surface area contributed by atoms with Crippen molar-refractivity contribution in [2.24, 2.45) is 11.3 Å². The minimum absolute atomic E-state index is 0.102. The molecule has 0 radical (unpaired) electrons. The highest BCUT2D eigenvalue weighted by Crippen LogP contribution is 2.55. The maximum Gasteiger partial charge on any atom is 0.156 e. The van der Waals surface area contributed by atoms with Crippen molar-refractivity contribution in [3.63, 3.8) is 0 Å². The number of halogens is 4. The lowest BCUT2D eigenvalue weighted by Crippen LogP contribution is -2.05. The smallest absolute Gasteiger partial charge is 0.156 e. The van der Waals surface area contributed by atoms with Crippen molar-refractivity contribution in [2.45, 2.75) is 20.3 Å². The van der Waals surface area contributed by atoms with E-state index >= 15 is 0 Å². The van der Waals surface area contributed by atoms with Gasteiger partial charge in [0, 0.05) is 22.9 Å². The van der Waals surface area contributed by atoms with Gasteiger partial charge in [-0.15, -0.1) is 0 Å². The zero-order valence-corrected chi connectivity index (χ0v) is 14.6. The predicted octanol–water partition coefficient (Wildman–Crippen LogP) is 5.98. The fraction of sp³-hybridized carbons (Fsp3) is 0.263. The van der Waals surface area contributed by atoms with Crippen LogP contribution in [-0.4, -0.2) is 0 Å². The second kappa shape index (κ2) is 5.99. The molecule has 1 aliphatic carbocycles. The van der Waals surface area contributed by atoms with Crippen LogP contribution >= 0.6 is 11.6 Å². The number of rotatable bonds is 4. The SMILES string of the molecule is C=C(Nc1cc(F)c(Cl)c(-c2c(F)ccc(N)c2F)c1)C1CC1(C)C. The molecule has 0 heterocycles. The lowest BCUT2D eigenvalue weighted by Gasteiger charge is -2.15. The Labute approximate surface area is 149 Å². The second-order valence-electron chi connectivity index (χ2n) is 7.04. The molecule has 0 bridgehead atoms. The molecule has 132 valence electrons. The van der Waals surface area contributed by atoms with Gasteiger partial charge in [-0.3, -0.25) is 0 Å². The van der Waals surface area contributed by atoms with Gasteiger partial charge < -0.3 is 11.1 Å². The predicted molar refractivity (Wildman–Crippen MR) is 95.8 cm³/mol. The van der Waals surface area contributed by atoms with Crippen LogP contribution in [0.25, 0.3) is 11.1 Å². The molecular weight excluding hydrogens is 349 g/mol. The molecule has 2 nitrogen and oxygen atoms in total. The van der Waals surface area contributed by atoms with Gasteiger partial charge in [-0.05, 0) is 36.1 Å². The number of nitrogen functional groups attached to an aromatic ring is 1. The zero-order chi connectivity index (χ0) is 18.5. The third kappa shape index (κ3) is 3.21. The van der Waals surface area contributed by atoms with Crippen LogP contribution < -0.4 is 11.1 Å². The maximum absolute atomic E-state index is 14.3. The monoisotopic (exact) mass is 366 g/mol. The van der Waals surface area contributed by atoms with Crippen molar-refractivity contribution in [1.29, 1.82) is 0 Å². The summed E-state index contributed by atoms with van der Waals surface area (Å²) in [4.78, 5) is 0. The Hall–Kier alpha value is -2.14. The third-order valence-electron chi connectivity index (χ3n) is 4.66. The van der Waals surface area contributed by atoms with Crippen LogP contribution in [0.1, 0.15) is 20.3 Å². The molecule has 0 spiro atoms. The van der Waals surface area contributed by atoms with Crippen LogP contribution in [0.4, 0.5) is 24.5 Å². The quantitative estimate of drug-likeness (QED) is 0.653. The van der Waals surface area contributed by atoms with Crippen molar-refractivity contribution in [1.82, 2.24) is 0 Å². The Bertz CT molecular complexity index is 877. The molecule has 1 saturated carbocycles. The van der Waals surface area contributed by atoms with E-state index < -0.39 is 23.0 Å². The number of hydrogen-bond donors (Lipinski definition) is 2. The maximum atomic E-state index is 14.3. The molecule has 25 heavy (non-hydrogen) atoms. The van der Waals surface area contributed by atoms with Crippen molar-refractivity contribution < 1.29 is 13.2 Å². The van der Waals surface area contributed by atoms with Gasteiger partial charge >= 0.3 is 0 Å². The molecule has 3 rings (SSSR count). The van der Waals surface area contributed by atoms with E-state index in [1.165, 1.54) is 12.1 Å². The summed E-state index contributed by atoms with van der Waals surface area (Å²) in [5, 5.41) is 2.65. The topological polar surface area (TPSA) is 38.0 Å². The van der Waals surface area contributed by atoms with Crippen LogP contribution in [0.15, 0.2) is 36.5 Å². The summed E-state index contributed by atoms with van der Waals surface area (Å²) < 4.78 is 42.7. The Balaban J connectivity index is 2.03. The average molecular weight is 367 g/mol. The largest absolute Gasteiger partial charge is 0.396 e. The van der Waals surface area contributed by atoms with Gasteiger partial charge in [0.05, 0.1) is 16.3 Å². The number of hydrogen-bond acceptors (Lipinski definition) is 2. The van der Waals surface area contributed by atoms with Crippen LogP contribution in [-0.2, 0) is 0 Å². The Morgan fingerprint density at radius 1 is 1.24 bits per heavy atom. The van der Waals surface area contributed by atoms with Crippen LogP contribution in [0.5, 0.6) is 0 Å². The van der Waals surface area contributed by atoms with Gasteiger partial charge in [0.1, 0.15) is 11.6 Å². The van der Waals surface area contributed by atoms with E-state index in [0.29, 0.717) is 5.69 Å². The molecule has 0 amide bonds. The normalized spacial score (nSPS) is 18.1. The van der Waals surface area contributed by atoms with Crippen LogP contribution in [0.2, 0.25) is 5.02 Å². The fourth-order valence-corrected chi connectivity index (χ4v) is 3.20. The van der Waals surface area contributed by atoms with Crippen molar-refractivity contribution in [3.8, 4) is 11.1 Å². The lowest BCUT2D eigenvalue weighted by atomic mass is 10.0. The summed E-state index contributed by atoms with van der Waals surface area (Å²) in [5.74, 6) is -2.37. The molecule has 0 aromatic heterocycles. The first-order valence-electron chi connectivity index (χ1n) is 7.80. The molecular formula is C19H18ClF3N2. The highest BCUT2D eigenvalue weighted by molar-refractivity contribution is 6.33. The summed E-state index contributed by atoms with van der Waals surface area (Å²) in [6.45, 7) is 8.19. The highest BCUT2D eigenvalue weighted by atomic mass is 35.5. The van der Waals surface area contributed by atoms with Gasteiger partial charge in [0.2, 0.25) is 0 Å². The van der Waals surface area contributed by atoms with E-state index in [0.717, 1.165) is 24.3 Å². The number of benzene rings is 2. The molecule has 0 saturated heterocycles. The minimum atomic E-state index is -0.972. The zero-order valence-electron chi connectivity index (χ0n) is 13.9. The Kier molecular flexibility index (Phi) is 4.23. The van der Waals surface area contributed by atoms with Gasteiger partial charge in [-0.2, -0.15) is 0 Å². The van der Waals surface area contributed by atoms with Gasteiger partial charge in [-0.25, -0.2) is 13.2 Å². The first-order chi connectivity index (χ1) is 11.6. The van der Waals surface area contributed by atoms with Gasteiger partial charge in [-0.1, -0.05) is 32.0 Å². The standard InChI is InChI=1S/C19H18ClF3N2/c1-9(12-8-19(12,2)3)25-10-6-11(17(20)14(22)7-10)16-13(21)4-5-15(24)18(16)23/h4-7,12,25H,1,8,24H2,2-3H3. The minimum Gasteiger partial charge on any atom is -0.396 e. The van der Waals surface area contributed by atoms with Crippen molar-refractivity contribution in [2.75, 3.05) is 11.1 Å². The molecule has 1 unspecified atom stereocenters. The number of allylic oxidation sites excluding steroid dienone is 1. The summed E-state index contributed by atoms with van der Waals surface area (Å²) in [6, 6.07) is 4.70. The molecule has 1 aliphatic rings. The van der Waals surface area contributed by atoms with E-state index in [-0.39, 0.29) is 27.6 Å². The molecule has 2 aromatic carbocycles. The Morgan fingerprint density at radius 2 is 1.88 bits per heavy atom. The van der Waals surface area contributed by atoms with Gasteiger partial charge in [0.25, 0.3) is 0 Å². The summed E-state index contributed by atoms with van der Waals surface area (Å²) in [6.07, 6.45) is 0.972. The first kappa shape index (κ1) is 17.7.